The molecular weight excluding hydrogens is 350 g/mol. The normalized spacial score (nSPS) is 10.4. The number of amides is 1. The number of benzene rings is 2. The van der Waals surface area contributed by atoms with Gasteiger partial charge in [0.2, 0.25) is 0 Å². The standard InChI is InChI=1S/C20H17NO6/c1-3-26-20(24)19(23)21-15-7-5-4-6-13(15)18-11-16(22)14-10-12(25-2)8-9-17(14)27-18/h4-11H,3H2,1-2H3,(H,21,23). The van der Waals surface area contributed by atoms with Gasteiger partial charge in [-0.2, -0.15) is 0 Å². The molecule has 0 spiro atoms. The number of esters is 1. The minimum Gasteiger partial charge on any atom is -0.497 e. The Labute approximate surface area is 154 Å². The lowest BCUT2D eigenvalue weighted by Gasteiger charge is -2.11. The van der Waals surface area contributed by atoms with Crippen LogP contribution in [0.3, 0.4) is 0 Å². The van der Waals surface area contributed by atoms with Gasteiger partial charge < -0.3 is 19.2 Å². The summed E-state index contributed by atoms with van der Waals surface area (Å²) < 4.78 is 15.6. The molecule has 3 aromatic rings. The van der Waals surface area contributed by atoms with E-state index in [1.165, 1.54) is 13.2 Å². The molecular formula is C20H17NO6. The van der Waals surface area contributed by atoms with Gasteiger partial charge in [-0.15, -0.1) is 0 Å². The number of nitrogens with one attached hydrogen (secondary N) is 1. The third kappa shape index (κ3) is 3.82. The molecule has 0 radical (unpaired) electrons. The van der Waals surface area contributed by atoms with Gasteiger partial charge in [-0.25, -0.2) is 4.79 Å². The predicted octanol–water partition coefficient (Wildman–Crippen LogP) is 2.97. The molecule has 1 aromatic heterocycles. The molecule has 0 fully saturated rings. The molecule has 0 saturated carbocycles. The molecule has 7 heteroatoms. The summed E-state index contributed by atoms with van der Waals surface area (Å²) in [5.74, 6) is -1.08. The molecule has 0 saturated heterocycles. The quantitative estimate of drug-likeness (QED) is 0.563. The van der Waals surface area contributed by atoms with Crippen molar-refractivity contribution in [2.75, 3.05) is 19.0 Å². The molecule has 7 nitrogen and oxygen atoms in total. The lowest BCUT2D eigenvalue weighted by molar-refractivity contribution is -0.152. The van der Waals surface area contributed by atoms with Crippen molar-refractivity contribution in [3.05, 3.63) is 58.8 Å². The van der Waals surface area contributed by atoms with E-state index in [4.69, 9.17) is 9.15 Å². The first kappa shape index (κ1) is 18.2. The second-order valence-electron chi connectivity index (χ2n) is 5.56. The van der Waals surface area contributed by atoms with Crippen molar-refractivity contribution < 1.29 is 23.5 Å². The molecule has 1 amide bonds. The highest BCUT2D eigenvalue weighted by atomic mass is 16.5. The number of para-hydroxylation sites is 1. The summed E-state index contributed by atoms with van der Waals surface area (Å²) in [6, 6.07) is 12.9. The van der Waals surface area contributed by atoms with Crippen LogP contribution >= 0.6 is 0 Å². The van der Waals surface area contributed by atoms with Crippen LogP contribution in [0.4, 0.5) is 5.69 Å². The summed E-state index contributed by atoms with van der Waals surface area (Å²) in [6.45, 7) is 1.70. The zero-order chi connectivity index (χ0) is 19.4. The van der Waals surface area contributed by atoms with Gasteiger partial charge in [0.25, 0.3) is 0 Å². The van der Waals surface area contributed by atoms with Crippen LogP contribution in [0.1, 0.15) is 6.92 Å². The molecule has 138 valence electrons. The van der Waals surface area contributed by atoms with E-state index in [1.807, 2.05) is 0 Å². The molecule has 0 aliphatic rings. The van der Waals surface area contributed by atoms with E-state index in [1.54, 1.807) is 49.4 Å². The van der Waals surface area contributed by atoms with Crippen molar-refractivity contribution in [1.82, 2.24) is 0 Å². The Kier molecular flexibility index (Phi) is 5.21. The van der Waals surface area contributed by atoms with Crippen LogP contribution in [0, 0.1) is 0 Å². The van der Waals surface area contributed by atoms with E-state index in [-0.39, 0.29) is 17.8 Å². The van der Waals surface area contributed by atoms with E-state index in [2.05, 4.69) is 10.1 Å². The number of carbonyl (C=O) groups is 2. The van der Waals surface area contributed by atoms with E-state index in [0.717, 1.165) is 0 Å². The fraction of sp³-hybridized carbons (Fsp3) is 0.150. The Bertz CT molecular complexity index is 1070. The molecule has 0 aliphatic heterocycles. The lowest BCUT2D eigenvalue weighted by Crippen LogP contribution is -2.25. The van der Waals surface area contributed by atoms with Crippen molar-refractivity contribution in [1.29, 1.82) is 0 Å². The summed E-state index contributed by atoms with van der Waals surface area (Å²) in [7, 11) is 1.51. The van der Waals surface area contributed by atoms with E-state index >= 15 is 0 Å². The molecule has 2 aromatic carbocycles. The van der Waals surface area contributed by atoms with Crippen LogP contribution in [-0.2, 0) is 14.3 Å². The van der Waals surface area contributed by atoms with Gasteiger partial charge in [0, 0.05) is 11.6 Å². The van der Waals surface area contributed by atoms with Gasteiger partial charge in [-0.3, -0.25) is 9.59 Å². The SMILES string of the molecule is CCOC(=O)C(=O)Nc1ccccc1-c1cc(=O)c2cc(OC)ccc2o1. The third-order valence-electron chi connectivity index (χ3n) is 3.84. The van der Waals surface area contributed by atoms with Gasteiger partial charge in [-0.05, 0) is 37.3 Å². The van der Waals surface area contributed by atoms with Crippen molar-refractivity contribution in [2.24, 2.45) is 0 Å². The number of methoxy groups -OCH3 is 1. The number of fused-ring (bicyclic) bond motifs is 1. The van der Waals surface area contributed by atoms with Crippen molar-refractivity contribution >= 4 is 28.5 Å². The Balaban J connectivity index is 2.03. The summed E-state index contributed by atoms with van der Waals surface area (Å²) in [5, 5.41) is 2.86. The van der Waals surface area contributed by atoms with E-state index in [0.29, 0.717) is 28.0 Å². The second kappa shape index (κ2) is 7.74. The largest absolute Gasteiger partial charge is 0.497 e. The van der Waals surface area contributed by atoms with Gasteiger partial charge in [0.1, 0.15) is 17.1 Å². The van der Waals surface area contributed by atoms with Gasteiger partial charge in [0.15, 0.2) is 5.43 Å². The number of ether oxygens (including phenoxy) is 2. The Morgan fingerprint density at radius 3 is 2.63 bits per heavy atom. The minimum atomic E-state index is -0.987. The maximum absolute atomic E-state index is 12.5. The molecule has 3 rings (SSSR count). The van der Waals surface area contributed by atoms with Gasteiger partial charge in [0.05, 0.1) is 24.8 Å². The molecule has 0 aliphatic carbocycles. The molecule has 1 N–H and O–H groups in total. The van der Waals surface area contributed by atoms with Crippen LogP contribution in [0.25, 0.3) is 22.3 Å². The highest BCUT2D eigenvalue weighted by Gasteiger charge is 2.18. The van der Waals surface area contributed by atoms with Crippen molar-refractivity contribution in [3.63, 3.8) is 0 Å². The maximum atomic E-state index is 12.5. The summed E-state index contributed by atoms with van der Waals surface area (Å²) in [6.07, 6.45) is 0. The van der Waals surface area contributed by atoms with Crippen LogP contribution in [-0.4, -0.2) is 25.6 Å². The average Bonchev–Trinajstić information content (AvgIpc) is 2.68. The second-order valence-corrected chi connectivity index (χ2v) is 5.56. The monoisotopic (exact) mass is 367 g/mol. The Morgan fingerprint density at radius 2 is 1.89 bits per heavy atom. The van der Waals surface area contributed by atoms with E-state index in [9.17, 15) is 14.4 Å². The van der Waals surface area contributed by atoms with Crippen molar-refractivity contribution in [2.45, 2.75) is 6.92 Å². The number of hydrogen-bond donors (Lipinski definition) is 1. The molecule has 0 bridgehead atoms. The van der Waals surface area contributed by atoms with Gasteiger partial charge in [-0.1, -0.05) is 12.1 Å². The third-order valence-corrected chi connectivity index (χ3v) is 3.84. The number of hydrogen-bond acceptors (Lipinski definition) is 6. The maximum Gasteiger partial charge on any atom is 0.397 e. The number of carbonyl (C=O) groups excluding carboxylic acids is 2. The minimum absolute atomic E-state index is 0.0942. The highest BCUT2D eigenvalue weighted by molar-refractivity contribution is 6.37. The fourth-order valence-electron chi connectivity index (χ4n) is 2.57. The summed E-state index contributed by atoms with van der Waals surface area (Å²) in [5.41, 5.74) is 0.915. The molecule has 1 heterocycles. The fourth-order valence-corrected chi connectivity index (χ4v) is 2.57. The predicted molar refractivity (Wildman–Crippen MR) is 99.7 cm³/mol. The molecule has 0 atom stereocenters. The first-order valence-electron chi connectivity index (χ1n) is 8.23. The first-order valence-corrected chi connectivity index (χ1v) is 8.23. The van der Waals surface area contributed by atoms with Crippen LogP contribution in [0.15, 0.2) is 57.7 Å². The van der Waals surface area contributed by atoms with Crippen LogP contribution in [0.2, 0.25) is 0 Å². The average molecular weight is 367 g/mol. The number of rotatable bonds is 4. The van der Waals surface area contributed by atoms with Crippen LogP contribution < -0.4 is 15.5 Å². The molecule has 0 unspecified atom stereocenters. The van der Waals surface area contributed by atoms with Gasteiger partial charge >= 0.3 is 11.9 Å². The highest BCUT2D eigenvalue weighted by Crippen LogP contribution is 2.30. The van der Waals surface area contributed by atoms with Crippen LogP contribution in [0.5, 0.6) is 5.75 Å². The first-order chi connectivity index (χ1) is 13.0. The lowest BCUT2D eigenvalue weighted by atomic mass is 10.1. The zero-order valence-electron chi connectivity index (χ0n) is 14.8. The Hall–Kier alpha value is -3.61. The summed E-state index contributed by atoms with van der Waals surface area (Å²) >= 11 is 0. The summed E-state index contributed by atoms with van der Waals surface area (Å²) in [4.78, 5) is 36.0. The zero-order valence-corrected chi connectivity index (χ0v) is 14.8. The number of anilines is 1. The van der Waals surface area contributed by atoms with E-state index < -0.39 is 11.9 Å². The topological polar surface area (TPSA) is 94.8 Å². The Morgan fingerprint density at radius 1 is 1.11 bits per heavy atom. The van der Waals surface area contributed by atoms with Crippen molar-refractivity contribution in [3.8, 4) is 17.1 Å². The smallest absolute Gasteiger partial charge is 0.397 e. The molecule has 27 heavy (non-hydrogen) atoms.